The van der Waals surface area contributed by atoms with Gasteiger partial charge in [-0.25, -0.2) is 9.78 Å². The number of fused-ring (bicyclic) bond motifs is 1. The first-order valence-corrected chi connectivity index (χ1v) is 7.02. The second kappa shape index (κ2) is 4.87. The van der Waals surface area contributed by atoms with Gasteiger partial charge in [0.1, 0.15) is 17.9 Å². The summed E-state index contributed by atoms with van der Waals surface area (Å²) in [6, 6.07) is 11.3. The van der Waals surface area contributed by atoms with Crippen molar-refractivity contribution in [1.29, 1.82) is 5.26 Å². The second-order valence-corrected chi connectivity index (χ2v) is 4.83. The number of benzene rings is 1. The third-order valence-electron chi connectivity index (χ3n) is 2.91. The van der Waals surface area contributed by atoms with Crippen LogP contribution in [-0.2, 0) is 0 Å². The summed E-state index contributed by atoms with van der Waals surface area (Å²) in [5.41, 5.74) is 1.09. The third-order valence-corrected chi connectivity index (χ3v) is 3.72. The highest BCUT2D eigenvalue weighted by molar-refractivity contribution is 7.98. The van der Waals surface area contributed by atoms with E-state index in [2.05, 4.69) is 4.98 Å². The molecular formula is C14H9N3O2S. The van der Waals surface area contributed by atoms with Gasteiger partial charge in [-0.1, -0.05) is 18.2 Å². The fourth-order valence-electron chi connectivity index (χ4n) is 2.01. The van der Waals surface area contributed by atoms with E-state index in [9.17, 15) is 4.79 Å². The Hall–Kier alpha value is -2.52. The first kappa shape index (κ1) is 12.5. The standard InChI is InChI=1S/C14H9N3O2S/c1-20-12-10(7-15)14(18)19-13-11(12)16-8-17(13)9-5-3-2-4-6-9/h2-6,8H,1H3. The van der Waals surface area contributed by atoms with Crippen LogP contribution in [0, 0.1) is 11.3 Å². The zero-order valence-corrected chi connectivity index (χ0v) is 11.3. The normalized spacial score (nSPS) is 10.6. The molecule has 0 aliphatic heterocycles. The Balaban J connectivity index is 2.38. The summed E-state index contributed by atoms with van der Waals surface area (Å²) in [4.78, 5) is 16.7. The molecule has 0 unspecified atom stereocenters. The molecule has 0 aliphatic carbocycles. The topological polar surface area (TPSA) is 71.8 Å². The van der Waals surface area contributed by atoms with Crippen molar-refractivity contribution in [3.63, 3.8) is 0 Å². The molecule has 20 heavy (non-hydrogen) atoms. The van der Waals surface area contributed by atoms with Crippen molar-refractivity contribution >= 4 is 23.0 Å². The van der Waals surface area contributed by atoms with Gasteiger partial charge in [0, 0.05) is 0 Å². The van der Waals surface area contributed by atoms with Crippen LogP contribution in [0.1, 0.15) is 5.56 Å². The molecule has 0 spiro atoms. The molecule has 3 aromatic rings. The Morgan fingerprint density at radius 3 is 2.75 bits per heavy atom. The predicted octanol–water partition coefficient (Wildman–Crippen LogP) is 2.57. The van der Waals surface area contributed by atoms with Gasteiger partial charge in [-0.2, -0.15) is 5.26 Å². The van der Waals surface area contributed by atoms with Crippen LogP contribution in [0.2, 0.25) is 0 Å². The molecule has 0 saturated heterocycles. The number of aromatic nitrogens is 2. The SMILES string of the molecule is CSc1c(C#N)c(=O)oc2c1ncn2-c1ccccc1. The summed E-state index contributed by atoms with van der Waals surface area (Å²) in [5.74, 6) is 0. The van der Waals surface area contributed by atoms with E-state index in [1.807, 2.05) is 36.4 Å². The Labute approximate surface area is 118 Å². The highest BCUT2D eigenvalue weighted by Gasteiger charge is 2.18. The smallest absolute Gasteiger partial charge is 0.356 e. The molecule has 3 rings (SSSR count). The highest BCUT2D eigenvalue weighted by Crippen LogP contribution is 2.27. The number of nitrogens with zero attached hydrogens (tertiary/aromatic N) is 3. The maximum atomic E-state index is 11.9. The molecule has 6 heteroatoms. The van der Waals surface area contributed by atoms with Crippen LogP contribution in [0.15, 0.2) is 50.8 Å². The van der Waals surface area contributed by atoms with E-state index in [1.54, 1.807) is 17.2 Å². The summed E-state index contributed by atoms with van der Waals surface area (Å²) >= 11 is 1.31. The van der Waals surface area contributed by atoms with Crippen LogP contribution in [0.4, 0.5) is 0 Å². The fraction of sp³-hybridized carbons (Fsp3) is 0.0714. The van der Waals surface area contributed by atoms with Gasteiger partial charge in [-0.3, -0.25) is 4.57 Å². The molecule has 98 valence electrons. The van der Waals surface area contributed by atoms with E-state index < -0.39 is 5.63 Å². The lowest BCUT2D eigenvalue weighted by molar-refractivity contribution is 0.537. The zero-order valence-electron chi connectivity index (χ0n) is 10.5. The molecule has 0 N–H and O–H groups in total. The van der Waals surface area contributed by atoms with Crippen molar-refractivity contribution in [2.45, 2.75) is 4.90 Å². The molecule has 0 amide bonds. The number of hydrogen-bond donors (Lipinski definition) is 0. The summed E-state index contributed by atoms with van der Waals surface area (Å²) < 4.78 is 6.95. The summed E-state index contributed by atoms with van der Waals surface area (Å²) in [6.07, 6.45) is 3.39. The van der Waals surface area contributed by atoms with Crippen molar-refractivity contribution in [2.75, 3.05) is 6.26 Å². The van der Waals surface area contributed by atoms with Crippen LogP contribution in [0.5, 0.6) is 0 Å². The lowest BCUT2D eigenvalue weighted by Gasteiger charge is -2.03. The van der Waals surface area contributed by atoms with Gasteiger partial charge in [0.2, 0.25) is 5.71 Å². The predicted molar refractivity (Wildman–Crippen MR) is 76.1 cm³/mol. The summed E-state index contributed by atoms with van der Waals surface area (Å²) in [7, 11) is 0. The van der Waals surface area contributed by atoms with Crippen LogP contribution in [0.25, 0.3) is 16.9 Å². The van der Waals surface area contributed by atoms with Gasteiger partial charge in [0.25, 0.3) is 0 Å². The van der Waals surface area contributed by atoms with Gasteiger partial charge in [0.15, 0.2) is 5.56 Å². The molecule has 0 bridgehead atoms. The quantitative estimate of drug-likeness (QED) is 0.676. The number of nitriles is 1. The molecule has 0 atom stereocenters. The van der Waals surface area contributed by atoms with E-state index in [4.69, 9.17) is 9.68 Å². The number of thioether (sulfide) groups is 1. The summed E-state index contributed by atoms with van der Waals surface area (Å²) in [6.45, 7) is 0. The minimum Gasteiger partial charge on any atom is -0.402 e. The van der Waals surface area contributed by atoms with Gasteiger partial charge in [0.05, 0.1) is 10.6 Å². The van der Waals surface area contributed by atoms with Crippen LogP contribution < -0.4 is 5.63 Å². The van der Waals surface area contributed by atoms with Crippen LogP contribution >= 0.6 is 11.8 Å². The minimum atomic E-state index is -0.637. The van der Waals surface area contributed by atoms with Crippen molar-refractivity contribution in [1.82, 2.24) is 9.55 Å². The number of imidazole rings is 1. The second-order valence-electron chi connectivity index (χ2n) is 4.01. The highest BCUT2D eigenvalue weighted by atomic mass is 32.2. The molecule has 2 heterocycles. The molecular weight excluding hydrogens is 274 g/mol. The average molecular weight is 283 g/mol. The number of hydrogen-bond acceptors (Lipinski definition) is 5. The summed E-state index contributed by atoms with van der Waals surface area (Å²) in [5, 5.41) is 9.06. The largest absolute Gasteiger partial charge is 0.402 e. The average Bonchev–Trinajstić information content (AvgIpc) is 2.90. The monoisotopic (exact) mass is 283 g/mol. The van der Waals surface area contributed by atoms with E-state index in [1.165, 1.54) is 11.8 Å². The van der Waals surface area contributed by atoms with E-state index in [-0.39, 0.29) is 5.56 Å². The molecule has 1 aromatic carbocycles. The molecule has 2 aromatic heterocycles. The van der Waals surface area contributed by atoms with E-state index in [0.717, 1.165) is 5.69 Å². The van der Waals surface area contributed by atoms with Gasteiger partial charge in [-0.05, 0) is 18.4 Å². The Kier molecular flexibility index (Phi) is 3.05. The van der Waals surface area contributed by atoms with Crippen molar-refractivity contribution in [3.05, 3.63) is 52.6 Å². The number of para-hydroxylation sites is 1. The Morgan fingerprint density at radius 2 is 2.10 bits per heavy atom. The molecule has 0 radical (unpaired) electrons. The van der Waals surface area contributed by atoms with Crippen LogP contribution in [-0.4, -0.2) is 15.8 Å². The maximum Gasteiger partial charge on any atom is 0.356 e. The zero-order chi connectivity index (χ0) is 14.1. The Morgan fingerprint density at radius 1 is 1.35 bits per heavy atom. The number of rotatable bonds is 2. The fourth-order valence-corrected chi connectivity index (χ4v) is 2.67. The molecule has 0 aliphatic rings. The van der Waals surface area contributed by atoms with Crippen molar-refractivity contribution in [3.8, 4) is 11.8 Å². The lowest BCUT2D eigenvalue weighted by atomic mass is 10.3. The van der Waals surface area contributed by atoms with Gasteiger partial charge in [-0.15, -0.1) is 11.8 Å². The van der Waals surface area contributed by atoms with Gasteiger partial charge >= 0.3 is 5.63 Å². The maximum absolute atomic E-state index is 11.9. The third kappa shape index (κ3) is 1.80. The van der Waals surface area contributed by atoms with Gasteiger partial charge < -0.3 is 4.42 Å². The first-order chi connectivity index (χ1) is 9.76. The first-order valence-electron chi connectivity index (χ1n) is 5.80. The van der Waals surface area contributed by atoms with Crippen LogP contribution in [0.3, 0.4) is 0 Å². The molecule has 0 saturated carbocycles. The Bertz CT molecular complexity index is 875. The van der Waals surface area contributed by atoms with E-state index >= 15 is 0 Å². The lowest BCUT2D eigenvalue weighted by Crippen LogP contribution is -2.07. The van der Waals surface area contributed by atoms with Crippen molar-refractivity contribution < 1.29 is 4.42 Å². The minimum absolute atomic E-state index is 0.00307. The van der Waals surface area contributed by atoms with E-state index in [0.29, 0.717) is 16.1 Å². The van der Waals surface area contributed by atoms with Crippen molar-refractivity contribution in [2.24, 2.45) is 0 Å². The molecule has 0 fully saturated rings. The molecule has 5 nitrogen and oxygen atoms in total.